The Morgan fingerprint density at radius 2 is 2.06 bits per heavy atom. The van der Waals surface area contributed by atoms with E-state index in [1.807, 2.05) is 32.2 Å². The molecule has 0 aliphatic heterocycles. The molecule has 9 nitrogen and oxygen atoms in total. The molecule has 1 N–H and O–H groups in total. The van der Waals surface area contributed by atoms with Crippen molar-refractivity contribution in [3.8, 4) is 17.1 Å². The summed E-state index contributed by atoms with van der Waals surface area (Å²) >= 11 is 0. The molecule has 1 aliphatic carbocycles. The normalized spacial score (nSPS) is 18.5. The first-order valence-corrected chi connectivity index (χ1v) is 11.4. The van der Waals surface area contributed by atoms with E-state index in [4.69, 9.17) is 9.72 Å². The van der Waals surface area contributed by atoms with Crippen molar-refractivity contribution < 1.29 is 14.6 Å². The summed E-state index contributed by atoms with van der Waals surface area (Å²) in [5, 5.41) is 17.9. The first-order valence-electron chi connectivity index (χ1n) is 11.4. The van der Waals surface area contributed by atoms with Gasteiger partial charge in [-0.25, -0.2) is 15.0 Å². The number of aromatic nitrogens is 6. The van der Waals surface area contributed by atoms with Crippen molar-refractivity contribution in [2.75, 3.05) is 0 Å². The Labute approximate surface area is 193 Å². The SMILES string of the molecule is Cc1nc(-c2nnn(C)c2Cc2nccc(C(C)C)n2)ccc1O[C@H]1CCC[C@H](C(=O)O)C1. The van der Waals surface area contributed by atoms with E-state index in [0.29, 0.717) is 42.3 Å². The number of aliphatic carboxylic acids is 1. The molecular formula is C24H30N6O3. The first kappa shape index (κ1) is 22.8. The monoisotopic (exact) mass is 450 g/mol. The molecule has 0 aromatic carbocycles. The van der Waals surface area contributed by atoms with Crippen molar-refractivity contribution in [3.63, 3.8) is 0 Å². The van der Waals surface area contributed by atoms with Crippen LogP contribution in [0.1, 0.15) is 68.4 Å². The van der Waals surface area contributed by atoms with Crippen molar-refractivity contribution in [2.45, 2.75) is 64.9 Å². The molecule has 33 heavy (non-hydrogen) atoms. The molecule has 1 fully saturated rings. The molecule has 1 saturated carbocycles. The van der Waals surface area contributed by atoms with Gasteiger partial charge >= 0.3 is 5.97 Å². The lowest BCUT2D eigenvalue weighted by atomic mass is 9.87. The van der Waals surface area contributed by atoms with E-state index in [1.54, 1.807) is 10.9 Å². The van der Waals surface area contributed by atoms with E-state index in [-0.39, 0.29) is 12.0 Å². The van der Waals surface area contributed by atoms with E-state index < -0.39 is 5.97 Å². The fraction of sp³-hybridized carbons (Fsp3) is 0.500. The molecule has 4 rings (SSSR count). The number of hydrogen-bond donors (Lipinski definition) is 1. The lowest BCUT2D eigenvalue weighted by Crippen LogP contribution is -2.29. The molecule has 1 aliphatic rings. The van der Waals surface area contributed by atoms with Crippen molar-refractivity contribution >= 4 is 5.97 Å². The van der Waals surface area contributed by atoms with Crippen molar-refractivity contribution in [1.29, 1.82) is 0 Å². The molecule has 3 aromatic rings. The van der Waals surface area contributed by atoms with Gasteiger partial charge in [0.1, 0.15) is 17.3 Å². The van der Waals surface area contributed by atoms with Gasteiger partial charge in [0.05, 0.1) is 35.5 Å². The summed E-state index contributed by atoms with van der Waals surface area (Å²) in [6.07, 6.45) is 5.13. The van der Waals surface area contributed by atoms with Crippen LogP contribution in [0.4, 0.5) is 0 Å². The number of ether oxygens (including phenoxy) is 1. The summed E-state index contributed by atoms with van der Waals surface area (Å²) in [6, 6.07) is 5.69. The second-order valence-corrected chi connectivity index (χ2v) is 8.96. The highest BCUT2D eigenvalue weighted by Crippen LogP contribution is 2.30. The highest BCUT2D eigenvalue weighted by molar-refractivity contribution is 5.70. The van der Waals surface area contributed by atoms with Gasteiger partial charge in [0.15, 0.2) is 0 Å². The van der Waals surface area contributed by atoms with Gasteiger partial charge in [-0.1, -0.05) is 19.1 Å². The Balaban J connectivity index is 1.54. The zero-order chi connectivity index (χ0) is 23.5. The second kappa shape index (κ2) is 9.64. The van der Waals surface area contributed by atoms with Gasteiger partial charge in [0.2, 0.25) is 0 Å². The third kappa shape index (κ3) is 5.18. The van der Waals surface area contributed by atoms with Crippen LogP contribution in [0.3, 0.4) is 0 Å². The smallest absolute Gasteiger partial charge is 0.306 e. The molecular weight excluding hydrogens is 420 g/mol. The quantitative estimate of drug-likeness (QED) is 0.579. The van der Waals surface area contributed by atoms with Gasteiger partial charge in [-0.2, -0.15) is 0 Å². The predicted octanol–water partition coefficient (Wildman–Crippen LogP) is 3.71. The Bertz CT molecular complexity index is 1140. The third-order valence-electron chi connectivity index (χ3n) is 6.14. The summed E-state index contributed by atoms with van der Waals surface area (Å²) in [4.78, 5) is 25.2. The number of carboxylic acids is 1. The molecule has 0 bridgehead atoms. The predicted molar refractivity (Wildman–Crippen MR) is 122 cm³/mol. The molecule has 0 radical (unpaired) electrons. The van der Waals surface area contributed by atoms with Gasteiger partial charge in [-0.3, -0.25) is 9.48 Å². The lowest BCUT2D eigenvalue weighted by molar-refractivity contribution is -0.143. The molecule has 2 atom stereocenters. The number of carbonyl (C=O) groups is 1. The van der Waals surface area contributed by atoms with E-state index in [9.17, 15) is 9.90 Å². The third-order valence-corrected chi connectivity index (χ3v) is 6.14. The minimum absolute atomic E-state index is 0.108. The van der Waals surface area contributed by atoms with Crippen LogP contribution in [0.25, 0.3) is 11.4 Å². The minimum atomic E-state index is -0.744. The van der Waals surface area contributed by atoms with Crippen molar-refractivity contribution in [1.82, 2.24) is 29.9 Å². The summed E-state index contributed by atoms with van der Waals surface area (Å²) in [7, 11) is 1.85. The molecule has 0 amide bonds. The number of pyridine rings is 1. The maximum atomic E-state index is 11.3. The first-order chi connectivity index (χ1) is 15.8. The van der Waals surface area contributed by atoms with Crippen LogP contribution < -0.4 is 4.74 Å². The number of carboxylic acid groups (broad SMARTS) is 1. The van der Waals surface area contributed by atoms with E-state index in [2.05, 4.69) is 34.1 Å². The summed E-state index contributed by atoms with van der Waals surface area (Å²) in [6.45, 7) is 6.10. The maximum Gasteiger partial charge on any atom is 0.306 e. The van der Waals surface area contributed by atoms with Gasteiger partial charge in [-0.15, -0.1) is 5.10 Å². The maximum absolute atomic E-state index is 11.3. The topological polar surface area (TPSA) is 116 Å². The molecule has 0 unspecified atom stereocenters. The summed E-state index contributed by atoms with van der Waals surface area (Å²) < 4.78 is 7.87. The van der Waals surface area contributed by atoms with Gasteiger partial charge in [0, 0.05) is 18.9 Å². The zero-order valence-corrected chi connectivity index (χ0v) is 19.5. The molecule has 3 aromatic heterocycles. The van der Waals surface area contributed by atoms with Crippen LogP contribution in [0, 0.1) is 12.8 Å². The van der Waals surface area contributed by atoms with E-state index in [0.717, 1.165) is 35.7 Å². The van der Waals surface area contributed by atoms with Crippen LogP contribution in [-0.4, -0.2) is 47.1 Å². The van der Waals surface area contributed by atoms with Crippen LogP contribution in [0.5, 0.6) is 5.75 Å². The Kier molecular flexibility index (Phi) is 6.67. The lowest BCUT2D eigenvalue weighted by Gasteiger charge is -2.27. The largest absolute Gasteiger partial charge is 0.489 e. The Hall–Kier alpha value is -3.36. The van der Waals surface area contributed by atoms with E-state index >= 15 is 0 Å². The number of hydrogen-bond acceptors (Lipinski definition) is 7. The molecule has 9 heteroatoms. The summed E-state index contributed by atoms with van der Waals surface area (Å²) in [5.74, 6) is 0.632. The standard InChI is InChI=1S/C24H30N6O3/c1-14(2)18-10-11-25-22(27-18)13-20-23(28-29-30(20)4)19-8-9-21(15(3)26-19)33-17-7-5-6-16(12-17)24(31)32/h8-11,14,16-17H,5-7,12-13H2,1-4H3,(H,31,32)/t16-,17-/m0/s1. The van der Waals surface area contributed by atoms with Crippen molar-refractivity contribution in [2.24, 2.45) is 13.0 Å². The molecule has 3 heterocycles. The highest BCUT2D eigenvalue weighted by atomic mass is 16.5. The van der Waals surface area contributed by atoms with Crippen LogP contribution in [0.2, 0.25) is 0 Å². The average molecular weight is 451 g/mol. The fourth-order valence-electron chi connectivity index (χ4n) is 4.21. The zero-order valence-electron chi connectivity index (χ0n) is 19.5. The van der Waals surface area contributed by atoms with E-state index in [1.165, 1.54) is 0 Å². The minimum Gasteiger partial charge on any atom is -0.489 e. The van der Waals surface area contributed by atoms with Crippen LogP contribution in [-0.2, 0) is 18.3 Å². The van der Waals surface area contributed by atoms with Crippen LogP contribution >= 0.6 is 0 Å². The fourth-order valence-corrected chi connectivity index (χ4v) is 4.21. The average Bonchev–Trinajstić information content (AvgIpc) is 3.15. The number of nitrogens with zero attached hydrogens (tertiary/aromatic N) is 6. The molecule has 174 valence electrons. The Morgan fingerprint density at radius 3 is 2.79 bits per heavy atom. The van der Waals surface area contributed by atoms with Gasteiger partial charge < -0.3 is 9.84 Å². The molecule has 0 spiro atoms. The Morgan fingerprint density at radius 1 is 1.24 bits per heavy atom. The van der Waals surface area contributed by atoms with Gasteiger partial charge in [-0.05, 0) is 56.7 Å². The number of rotatable bonds is 7. The summed E-state index contributed by atoms with van der Waals surface area (Å²) in [5.41, 5.74) is 4.01. The second-order valence-electron chi connectivity index (χ2n) is 8.96. The molecule has 0 saturated heterocycles. The highest BCUT2D eigenvalue weighted by Gasteiger charge is 2.28. The van der Waals surface area contributed by atoms with Crippen LogP contribution in [0.15, 0.2) is 24.4 Å². The van der Waals surface area contributed by atoms with Crippen molar-refractivity contribution in [3.05, 3.63) is 47.3 Å². The van der Waals surface area contributed by atoms with Gasteiger partial charge in [0.25, 0.3) is 0 Å². The number of aryl methyl sites for hydroxylation is 2.